The van der Waals surface area contributed by atoms with E-state index in [1.54, 1.807) is 24.3 Å². The first kappa shape index (κ1) is 49.9. The van der Waals surface area contributed by atoms with Crippen LogP contribution in [0.3, 0.4) is 0 Å². The quantitative estimate of drug-likeness (QED) is 0.0490. The highest BCUT2D eigenvalue weighted by Crippen LogP contribution is 2.42. The van der Waals surface area contributed by atoms with Crippen LogP contribution in [0.2, 0.25) is 0 Å². The van der Waals surface area contributed by atoms with Crippen molar-refractivity contribution in [2.24, 2.45) is 0 Å². The standard InChI is InChI=1S/C62H60N2O8/c65-61(53-37-55(67-41-47-23-9-3-10-24-47)59(71-45-51-31-17-7-18-32-51)56(38-53)68-42-48-25-11-4-12-26-48)63-35-21-1-2-22-36-64-62(66)54-39-57(69-43-49-27-13-5-14-28-49)60(72-46-52-33-19-8-20-34-52)58(40-54)70-44-50-29-15-6-16-30-50/h3-20,23-34,37-40H,1-2,21-22,35-36,41-46H2,(H,63,65)(H,64,66). The third-order valence-corrected chi connectivity index (χ3v) is 11.6. The Kier molecular flexibility index (Phi) is 18.7. The molecule has 2 amide bonds. The summed E-state index contributed by atoms with van der Waals surface area (Å²) >= 11 is 0. The molecule has 0 aliphatic rings. The van der Waals surface area contributed by atoms with Crippen LogP contribution in [0.15, 0.2) is 206 Å². The number of carbonyl (C=O) groups excluding carboxylic acids is 2. The number of benzene rings is 8. The van der Waals surface area contributed by atoms with E-state index in [0.717, 1.165) is 59.1 Å². The molecule has 72 heavy (non-hydrogen) atoms. The lowest BCUT2D eigenvalue weighted by molar-refractivity contribution is 0.0942. The molecule has 0 heterocycles. The zero-order valence-electron chi connectivity index (χ0n) is 40.4. The van der Waals surface area contributed by atoms with Crippen LogP contribution < -0.4 is 39.1 Å². The zero-order chi connectivity index (χ0) is 49.4. The van der Waals surface area contributed by atoms with E-state index in [4.69, 9.17) is 28.4 Å². The second-order valence-electron chi connectivity index (χ2n) is 17.2. The van der Waals surface area contributed by atoms with Gasteiger partial charge in [0.15, 0.2) is 23.0 Å². The number of hydrogen-bond donors (Lipinski definition) is 2. The first-order valence-electron chi connectivity index (χ1n) is 24.5. The Morgan fingerprint density at radius 2 is 0.514 bits per heavy atom. The van der Waals surface area contributed by atoms with Gasteiger partial charge < -0.3 is 39.1 Å². The maximum absolute atomic E-state index is 13.8. The lowest BCUT2D eigenvalue weighted by Crippen LogP contribution is -2.25. The van der Waals surface area contributed by atoms with Gasteiger partial charge in [0.2, 0.25) is 11.5 Å². The first-order valence-corrected chi connectivity index (χ1v) is 24.5. The minimum atomic E-state index is -0.248. The molecule has 0 atom stereocenters. The van der Waals surface area contributed by atoms with E-state index < -0.39 is 0 Å². The van der Waals surface area contributed by atoms with E-state index in [9.17, 15) is 9.59 Å². The van der Waals surface area contributed by atoms with E-state index in [-0.39, 0.29) is 51.5 Å². The molecular weight excluding hydrogens is 901 g/mol. The molecule has 8 aromatic rings. The van der Waals surface area contributed by atoms with Crippen LogP contribution in [0.1, 0.15) is 79.8 Å². The van der Waals surface area contributed by atoms with Gasteiger partial charge in [-0.05, 0) is 70.5 Å². The van der Waals surface area contributed by atoms with E-state index >= 15 is 0 Å². The van der Waals surface area contributed by atoms with Crippen molar-refractivity contribution in [3.05, 3.63) is 251 Å². The summed E-state index contributed by atoms with van der Waals surface area (Å²) in [5.74, 6) is 1.99. The lowest BCUT2D eigenvalue weighted by Gasteiger charge is -2.19. The summed E-state index contributed by atoms with van der Waals surface area (Å²) in [5.41, 5.74) is 6.66. The largest absolute Gasteiger partial charge is 0.485 e. The molecule has 8 aromatic carbocycles. The van der Waals surface area contributed by atoms with Crippen molar-refractivity contribution >= 4 is 11.8 Å². The number of nitrogens with one attached hydrogen (secondary N) is 2. The van der Waals surface area contributed by atoms with Crippen molar-refractivity contribution in [2.45, 2.75) is 65.3 Å². The maximum atomic E-state index is 13.8. The molecule has 10 nitrogen and oxygen atoms in total. The summed E-state index contributed by atoms with van der Waals surface area (Å²) in [5, 5.41) is 6.18. The predicted molar refractivity (Wildman–Crippen MR) is 281 cm³/mol. The van der Waals surface area contributed by atoms with Crippen molar-refractivity contribution in [3.8, 4) is 34.5 Å². The van der Waals surface area contributed by atoms with E-state index in [0.29, 0.717) is 58.7 Å². The van der Waals surface area contributed by atoms with Gasteiger partial charge in [-0.3, -0.25) is 9.59 Å². The minimum absolute atomic E-state index is 0.248. The van der Waals surface area contributed by atoms with Gasteiger partial charge in [-0.25, -0.2) is 0 Å². The zero-order valence-corrected chi connectivity index (χ0v) is 40.4. The van der Waals surface area contributed by atoms with Gasteiger partial charge in [-0.1, -0.05) is 195 Å². The number of rotatable bonds is 27. The number of unbranched alkanes of at least 4 members (excludes halogenated alkanes) is 3. The molecule has 0 aliphatic carbocycles. The van der Waals surface area contributed by atoms with E-state index in [1.807, 2.05) is 182 Å². The van der Waals surface area contributed by atoms with Crippen molar-refractivity contribution in [1.82, 2.24) is 10.6 Å². The van der Waals surface area contributed by atoms with Gasteiger partial charge >= 0.3 is 0 Å². The maximum Gasteiger partial charge on any atom is 0.251 e. The molecule has 0 saturated carbocycles. The molecule has 0 aliphatic heterocycles. The molecule has 8 rings (SSSR count). The highest BCUT2D eigenvalue weighted by Gasteiger charge is 2.22. The average Bonchev–Trinajstić information content (AvgIpc) is 3.44. The monoisotopic (exact) mass is 960 g/mol. The van der Waals surface area contributed by atoms with Crippen LogP contribution in [0.4, 0.5) is 0 Å². The van der Waals surface area contributed by atoms with Crippen molar-refractivity contribution in [2.75, 3.05) is 13.1 Å². The first-order chi connectivity index (χ1) is 35.5. The second-order valence-corrected chi connectivity index (χ2v) is 17.2. The molecule has 2 N–H and O–H groups in total. The van der Waals surface area contributed by atoms with E-state index in [2.05, 4.69) is 10.6 Å². The Bertz CT molecular complexity index is 2560. The van der Waals surface area contributed by atoms with Gasteiger partial charge in [0.1, 0.15) is 39.6 Å². The number of amides is 2. The van der Waals surface area contributed by atoms with Gasteiger partial charge in [0.05, 0.1) is 0 Å². The molecule has 0 saturated heterocycles. The SMILES string of the molecule is O=C(NCCCCCCNC(=O)c1cc(OCc2ccccc2)c(OCc2ccccc2)c(OCc2ccccc2)c1)c1cc(OCc2ccccc2)c(OCc2ccccc2)c(OCc2ccccc2)c1. The van der Waals surface area contributed by atoms with E-state index in [1.165, 1.54) is 0 Å². The molecule has 0 bridgehead atoms. The fourth-order valence-electron chi connectivity index (χ4n) is 7.74. The second kappa shape index (κ2) is 27.0. The number of hydrogen-bond acceptors (Lipinski definition) is 8. The van der Waals surface area contributed by atoms with Gasteiger partial charge in [0, 0.05) is 24.2 Å². The third-order valence-electron chi connectivity index (χ3n) is 11.6. The molecule has 10 heteroatoms. The van der Waals surface area contributed by atoms with Crippen molar-refractivity contribution in [3.63, 3.8) is 0 Å². The summed E-state index contributed by atoms with van der Waals surface area (Å²) in [6.45, 7) is 2.60. The fourth-order valence-corrected chi connectivity index (χ4v) is 7.74. The van der Waals surface area contributed by atoms with Crippen molar-refractivity contribution < 1.29 is 38.0 Å². The Hall–Kier alpha value is -8.50. The van der Waals surface area contributed by atoms with Gasteiger partial charge in [-0.15, -0.1) is 0 Å². The third kappa shape index (κ3) is 15.5. The van der Waals surface area contributed by atoms with Gasteiger partial charge in [0.25, 0.3) is 11.8 Å². The van der Waals surface area contributed by atoms with Crippen LogP contribution in [0.5, 0.6) is 34.5 Å². The lowest BCUT2D eigenvalue weighted by atomic mass is 10.1. The summed E-state index contributed by atoms with van der Waals surface area (Å²) in [7, 11) is 0. The summed E-state index contributed by atoms with van der Waals surface area (Å²) in [6.07, 6.45) is 3.20. The van der Waals surface area contributed by atoms with Gasteiger partial charge in [-0.2, -0.15) is 0 Å². The smallest absolute Gasteiger partial charge is 0.251 e. The summed E-state index contributed by atoms with van der Waals surface area (Å²) in [4.78, 5) is 27.6. The topological polar surface area (TPSA) is 114 Å². The normalized spacial score (nSPS) is 10.7. The molecule has 0 unspecified atom stereocenters. The highest BCUT2D eigenvalue weighted by molar-refractivity contribution is 5.96. The highest BCUT2D eigenvalue weighted by atomic mass is 16.5. The Morgan fingerprint density at radius 3 is 0.750 bits per heavy atom. The number of carbonyl (C=O) groups is 2. The summed E-state index contributed by atoms with van der Waals surface area (Å²) < 4.78 is 38.4. The minimum Gasteiger partial charge on any atom is -0.485 e. The fraction of sp³-hybridized carbons (Fsp3) is 0.194. The number of ether oxygens (including phenoxy) is 6. The molecule has 366 valence electrons. The molecule has 0 spiro atoms. The predicted octanol–water partition coefficient (Wildman–Crippen LogP) is 12.9. The Balaban J connectivity index is 0.884. The van der Waals surface area contributed by atoms with Crippen LogP contribution in [-0.2, 0) is 39.6 Å². The van der Waals surface area contributed by atoms with Crippen LogP contribution in [0.25, 0.3) is 0 Å². The summed E-state index contributed by atoms with van der Waals surface area (Å²) in [6, 6.07) is 66.1. The Labute approximate surface area is 422 Å². The van der Waals surface area contributed by atoms with Crippen LogP contribution in [0, 0.1) is 0 Å². The van der Waals surface area contributed by atoms with Crippen molar-refractivity contribution in [1.29, 1.82) is 0 Å². The Morgan fingerprint density at radius 1 is 0.292 bits per heavy atom. The molecule has 0 fully saturated rings. The molecular formula is C62H60N2O8. The molecule has 0 aromatic heterocycles. The molecule has 0 radical (unpaired) electrons. The average molecular weight is 961 g/mol. The van der Waals surface area contributed by atoms with Crippen LogP contribution >= 0.6 is 0 Å². The van der Waals surface area contributed by atoms with Crippen LogP contribution in [-0.4, -0.2) is 24.9 Å².